The summed E-state index contributed by atoms with van der Waals surface area (Å²) in [7, 11) is 0. The van der Waals surface area contributed by atoms with Crippen LogP contribution >= 0.6 is 0 Å². The van der Waals surface area contributed by atoms with E-state index in [1.807, 2.05) is 13.0 Å². The molecule has 0 bridgehead atoms. The van der Waals surface area contributed by atoms with Gasteiger partial charge in [0.15, 0.2) is 5.96 Å². The first-order valence-electron chi connectivity index (χ1n) is 10.7. The standard InChI is InChI=1S/C23H32N4O3/c1-3-24-23(27-16-22(28)25-15-20-9-6-12-29-20)26-14-18-11-10-17(2)13-21(18)30-19-7-4-5-8-19/h6,9-13,19H,3-5,7-8,14-16H2,1-2H3,(H,25,28)(H2,24,26,27). The third-order valence-electron chi connectivity index (χ3n) is 5.03. The molecular formula is C23H32N4O3. The molecule has 1 saturated carbocycles. The van der Waals surface area contributed by atoms with Crippen molar-refractivity contribution in [1.82, 2.24) is 16.0 Å². The highest BCUT2D eigenvalue weighted by Crippen LogP contribution is 2.28. The highest BCUT2D eigenvalue weighted by molar-refractivity contribution is 5.86. The van der Waals surface area contributed by atoms with E-state index < -0.39 is 0 Å². The summed E-state index contributed by atoms with van der Waals surface area (Å²) in [5.74, 6) is 2.10. The average molecular weight is 413 g/mol. The van der Waals surface area contributed by atoms with Gasteiger partial charge in [0, 0.05) is 12.1 Å². The van der Waals surface area contributed by atoms with E-state index in [9.17, 15) is 4.79 Å². The Morgan fingerprint density at radius 3 is 2.77 bits per heavy atom. The second kappa shape index (κ2) is 11.3. The van der Waals surface area contributed by atoms with Crippen LogP contribution in [0.1, 0.15) is 49.5 Å². The van der Waals surface area contributed by atoms with Crippen LogP contribution in [0.5, 0.6) is 5.75 Å². The van der Waals surface area contributed by atoms with Crippen molar-refractivity contribution in [1.29, 1.82) is 0 Å². The molecule has 0 aliphatic heterocycles. The van der Waals surface area contributed by atoms with Gasteiger partial charge in [-0.1, -0.05) is 12.1 Å². The van der Waals surface area contributed by atoms with Gasteiger partial charge in [0.05, 0.1) is 32.0 Å². The third-order valence-corrected chi connectivity index (χ3v) is 5.03. The minimum atomic E-state index is -0.127. The lowest BCUT2D eigenvalue weighted by Gasteiger charge is -2.17. The van der Waals surface area contributed by atoms with Crippen molar-refractivity contribution >= 4 is 11.9 Å². The molecule has 0 spiro atoms. The van der Waals surface area contributed by atoms with E-state index >= 15 is 0 Å². The third kappa shape index (κ3) is 6.83. The van der Waals surface area contributed by atoms with Gasteiger partial charge in [0.1, 0.15) is 11.5 Å². The van der Waals surface area contributed by atoms with Crippen molar-refractivity contribution in [3.63, 3.8) is 0 Å². The molecule has 0 radical (unpaired) electrons. The molecule has 3 rings (SSSR count). The summed E-state index contributed by atoms with van der Waals surface area (Å²) in [6.07, 6.45) is 6.60. The molecule has 0 atom stereocenters. The molecule has 1 aliphatic rings. The highest BCUT2D eigenvalue weighted by Gasteiger charge is 2.18. The second-order valence-corrected chi connectivity index (χ2v) is 7.54. The normalized spacial score (nSPS) is 14.5. The van der Waals surface area contributed by atoms with E-state index in [0.29, 0.717) is 31.7 Å². The van der Waals surface area contributed by atoms with Gasteiger partial charge in [-0.15, -0.1) is 0 Å². The fourth-order valence-corrected chi connectivity index (χ4v) is 3.42. The topological polar surface area (TPSA) is 87.9 Å². The molecule has 1 aromatic heterocycles. The number of carbonyl (C=O) groups excluding carboxylic acids is 1. The van der Waals surface area contributed by atoms with Gasteiger partial charge in [-0.3, -0.25) is 4.79 Å². The van der Waals surface area contributed by atoms with E-state index in [-0.39, 0.29) is 12.5 Å². The van der Waals surface area contributed by atoms with Crippen molar-refractivity contribution in [3.05, 3.63) is 53.5 Å². The number of ether oxygens (including phenoxy) is 1. The van der Waals surface area contributed by atoms with Gasteiger partial charge in [-0.05, 0) is 63.3 Å². The molecule has 162 valence electrons. The Bertz CT molecular complexity index is 827. The van der Waals surface area contributed by atoms with Crippen molar-refractivity contribution in [2.75, 3.05) is 13.1 Å². The number of carbonyl (C=O) groups is 1. The lowest BCUT2D eigenvalue weighted by molar-refractivity contribution is -0.120. The number of nitrogens with zero attached hydrogens (tertiary/aromatic N) is 1. The number of furan rings is 1. The second-order valence-electron chi connectivity index (χ2n) is 7.54. The number of amides is 1. The minimum Gasteiger partial charge on any atom is -0.490 e. The molecule has 30 heavy (non-hydrogen) atoms. The van der Waals surface area contributed by atoms with E-state index in [1.54, 1.807) is 12.3 Å². The average Bonchev–Trinajstić information content (AvgIpc) is 3.44. The molecule has 1 heterocycles. The number of aryl methyl sites for hydroxylation is 1. The first-order valence-corrected chi connectivity index (χ1v) is 10.7. The number of hydrogen-bond acceptors (Lipinski definition) is 4. The molecule has 2 aromatic rings. The van der Waals surface area contributed by atoms with Crippen molar-refractivity contribution < 1.29 is 13.9 Å². The van der Waals surface area contributed by atoms with E-state index in [2.05, 4.69) is 46.1 Å². The maximum Gasteiger partial charge on any atom is 0.239 e. The Hall–Kier alpha value is -2.96. The summed E-state index contributed by atoms with van der Waals surface area (Å²) in [4.78, 5) is 16.7. The number of nitrogens with one attached hydrogen (secondary N) is 3. The largest absolute Gasteiger partial charge is 0.490 e. The number of hydrogen-bond donors (Lipinski definition) is 3. The number of aliphatic imine (C=N–C) groups is 1. The first kappa shape index (κ1) is 21.7. The molecule has 1 amide bonds. The highest BCUT2D eigenvalue weighted by atomic mass is 16.5. The monoisotopic (exact) mass is 412 g/mol. The minimum absolute atomic E-state index is 0.127. The van der Waals surface area contributed by atoms with Crippen LogP contribution in [0.2, 0.25) is 0 Å². The molecule has 1 fully saturated rings. The van der Waals surface area contributed by atoms with Crippen LogP contribution in [-0.4, -0.2) is 31.1 Å². The van der Waals surface area contributed by atoms with Crippen LogP contribution in [0, 0.1) is 6.92 Å². The lowest BCUT2D eigenvalue weighted by atomic mass is 10.1. The van der Waals surface area contributed by atoms with E-state index in [1.165, 1.54) is 18.4 Å². The number of benzene rings is 1. The Morgan fingerprint density at radius 1 is 1.20 bits per heavy atom. The summed E-state index contributed by atoms with van der Waals surface area (Å²) in [5.41, 5.74) is 2.22. The molecule has 0 unspecified atom stereocenters. The summed E-state index contributed by atoms with van der Waals surface area (Å²) < 4.78 is 11.5. The Kier molecular flexibility index (Phi) is 8.18. The molecule has 1 aliphatic carbocycles. The van der Waals surface area contributed by atoms with E-state index in [0.717, 1.165) is 29.9 Å². The molecule has 0 saturated heterocycles. The number of rotatable bonds is 9. The summed E-state index contributed by atoms with van der Waals surface area (Å²) in [6.45, 7) is 5.75. The van der Waals surface area contributed by atoms with E-state index in [4.69, 9.17) is 9.15 Å². The fourth-order valence-electron chi connectivity index (χ4n) is 3.42. The number of guanidine groups is 1. The van der Waals surface area contributed by atoms with Gasteiger partial charge < -0.3 is 25.1 Å². The van der Waals surface area contributed by atoms with Crippen LogP contribution < -0.4 is 20.7 Å². The molecule has 3 N–H and O–H groups in total. The zero-order chi connectivity index (χ0) is 21.2. The quantitative estimate of drug-likeness (QED) is 0.435. The fraction of sp³-hybridized carbons (Fsp3) is 0.478. The van der Waals surface area contributed by atoms with Crippen LogP contribution in [0.4, 0.5) is 0 Å². The van der Waals surface area contributed by atoms with Gasteiger partial charge in [-0.25, -0.2) is 4.99 Å². The van der Waals surface area contributed by atoms with Crippen molar-refractivity contribution in [2.24, 2.45) is 4.99 Å². The maximum absolute atomic E-state index is 12.1. The van der Waals surface area contributed by atoms with Crippen LogP contribution in [0.3, 0.4) is 0 Å². The van der Waals surface area contributed by atoms with Crippen LogP contribution in [0.25, 0.3) is 0 Å². The van der Waals surface area contributed by atoms with Gasteiger partial charge in [0.25, 0.3) is 0 Å². The Balaban J connectivity index is 1.56. The SMILES string of the molecule is CCNC(=NCc1ccc(C)cc1OC1CCCC1)NCC(=O)NCc1ccco1. The van der Waals surface area contributed by atoms with Gasteiger partial charge in [-0.2, -0.15) is 0 Å². The molecule has 7 heteroatoms. The molecular weight excluding hydrogens is 380 g/mol. The van der Waals surface area contributed by atoms with Crippen molar-refractivity contribution in [3.8, 4) is 5.75 Å². The zero-order valence-electron chi connectivity index (χ0n) is 17.9. The Labute approximate surface area is 178 Å². The van der Waals surface area contributed by atoms with Crippen LogP contribution in [-0.2, 0) is 17.9 Å². The van der Waals surface area contributed by atoms with Crippen LogP contribution in [0.15, 0.2) is 46.0 Å². The summed E-state index contributed by atoms with van der Waals surface area (Å²) in [5, 5.41) is 9.08. The summed E-state index contributed by atoms with van der Waals surface area (Å²) >= 11 is 0. The smallest absolute Gasteiger partial charge is 0.239 e. The van der Waals surface area contributed by atoms with Gasteiger partial charge in [0.2, 0.25) is 5.91 Å². The summed E-state index contributed by atoms with van der Waals surface area (Å²) in [6, 6.07) is 9.86. The molecule has 1 aromatic carbocycles. The zero-order valence-corrected chi connectivity index (χ0v) is 17.9. The van der Waals surface area contributed by atoms with Crippen molar-refractivity contribution in [2.45, 2.75) is 58.7 Å². The maximum atomic E-state index is 12.1. The molecule has 7 nitrogen and oxygen atoms in total. The Morgan fingerprint density at radius 2 is 2.03 bits per heavy atom. The predicted octanol–water partition coefficient (Wildman–Crippen LogP) is 3.28. The first-order chi connectivity index (χ1) is 14.6. The predicted molar refractivity (Wildman–Crippen MR) is 117 cm³/mol. The lowest BCUT2D eigenvalue weighted by Crippen LogP contribution is -2.43. The van der Waals surface area contributed by atoms with Gasteiger partial charge >= 0.3 is 0 Å².